The fourth-order valence-corrected chi connectivity index (χ4v) is 9.44. The van der Waals surface area contributed by atoms with Crippen molar-refractivity contribution in [3.05, 3.63) is 24.3 Å². The average molecular weight is 502 g/mol. The first-order valence-corrected chi connectivity index (χ1v) is 14.0. The molecule has 4 heterocycles. The van der Waals surface area contributed by atoms with Gasteiger partial charge in [0, 0.05) is 30.9 Å². The molecule has 0 aromatic heterocycles. The number of likely N-dealkylation sites (N-methyl/N-ethyl adjacent to an activating group) is 1. The van der Waals surface area contributed by atoms with Crippen molar-refractivity contribution in [3.8, 4) is 0 Å². The van der Waals surface area contributed by atoms with Crippen LogP contribution in [0.4, 0.5) is 0 Å². The summed E-state index contributed by atoms with van der Waals surface area (Å²) < 4.78 is -1.42. The molecule has 0 radical (unpaired) electrons. The lowest BCUT2D eigenvalue weighted by molar-refractivity contribution is -0.149. The quantitative estimate of drug-likeness (QED) is 0.599. The standard InChI is InChI=1S/C27H39N3O4S/c1-17(2)19(16-31)30-22-25(34)29(18-10-6-5-7-11-18)15-9-13-27(22)21(24(30)33)20-23(32)28(4)14-8-12-26(20,3)35-27/h8-9,12-13,17-22,31H,5-7,10-11,14-16H2,1-4H3/t19-,20+,21-,22?,26-,27-/m0/s1. The number of carbonyl (C=O) groups excluding carboxylic acids is 3. The minimum absolute atomic E-state index is 0.0193. The monoisotopic (exact) mass is 501 g/mol. The van der Waals surface area contributed by atoms with Gasteiger partial charge in [-0.15, -0.1) is 11.8 Å². The van der Waals surface area contributed by atoms with Gasteiger partial charge in [-0.1, -0.05) is 57.4 Å². The summed E-state index contributed by atoms with van der Waals surface area (Å²) in [6.45, 7) is 6.86. The highest BCUT2D eigenvalue weighted by Gasteiger charge is 2.74. The van der Waals surface area contributed by atoms with Crippen LogP contribution in [0.25, 0.3) is 0 Å². The Morgan fingerprint density at radius 3 is 2.34 bits per heavy atom. The molecule has 2 saturated heterocycles. The summed E-state index contributed by atoms with van der Waals surface area (Å²) in [5.74, 6) is -1.44. The molecule has 0 bridgehead atoms. The van der Waals surface area contributed by atoms with Gasteiger partial charge in [0.25, 0.3) is 0 Å². The number of thioether (sulfide) groups is 1. The minimum atomic E-state index is -0.836. The second-order valence-corrected chi connectivity index (χ2v) is 13.3. The number of amides is 3. The fraction of sp³-hybridized carbons (Fsp3) is 0.741. The predicted octanol–water partition coefficient (Wildman–Crippen LogP) is 2.45. The molecule has 5 rings (SSSR count). The molecule has 3 amide bonds. The zero-order valence-electron chi connectivity index (χ0n) is 21.4. The van der Waals surface area contributed by atoms with E-state index in [4.69, 9.17) is 0 Å². The molecule has 7 nitrogen and oxygen atoms in total. The van der Waals surface area contributed by atoms with Crippen LogP contribution in [0.15, 0.2) is 24.3 Å². The molecule has 5 aliphatic rings. The van der Waals surface area contributed by atoms with E-state index in [0.29, 0.717) is 13.1 Å². The van der Waals surface area contributed by atoms with Crippen molar-refractivity contribution in [3.63, 3.8) is 0 Å². The van der Waals surface area contributed by atoms with Crippen molar-refractivity contribution in [2.45, 2.75) is 80.5 Å². The highest BCUT2D eigenvalue weighted by molar-refractivity contribution is 8.02. The zero-order valence-corrected chi connectivity index (χ0v) is 22.2. The molecule has 0 aromatic carbocycles. The van der Waals surface area contributed by atoms with Crippen LogP contribution in [0.5, 0.6) is 0 Å². The number of fused-ring (bicyclic) bond motifs is 2. The molecular formula is C27H39N3O4S. The summed E-state index contributed by atoms with van der Waals surface area (Å²) in [7, 11) is 1.78. The molecule has 6 atom stereocenters. The topological polar surface area (TPSA) is 81.2 Å². The minimum Gasteiger partial charge on any atom is -0.394 e. The summed E-state index contributed by atoms with van der Waals surface area (Å²) in [5, 5.41) is 10.4. The lowest BCUT2D eigenvalue weighted by atomic mass is 9.74. The second kappa shape index (κ2) is 8.94. The molecule has 1 saturated carbocycles. The van der Waals surface area contributed by atoms with Crippen molar-refractivity contribution < 1.29 is 19.5 Å². The number of likely N-dealkylation sites (tertiary alicyclic amines) is 1. The number of hydrogen-bond acceptors (Lipinski definition) is 5. The van der Waals surface area contributed by atoms with Gasteiger partial charge in [-0.3, -0.25) is 14.4 Å². The molecule has 1 aliphatic carbocycles. The van der Waals surface area contributed by atoms with Gasteiger partial charge in [0.2, 0.25) is 17.7 Å². The molecule has 1 N–H and O–H groups in total. The van der Waals surface area contributed by atoms with Gasteiger partial charge in [-0.25, -0.2) is 0 Å². The Labute approximate surface area is 213 Å². The third-order valence-electron chi connectivity index (χ3n) is 9.06. The van der Waals surface area contributed by atoms with Crippen molar-refractivity contribution in [2.75, 3.05) is 26.7 Å². The van der Waals surface area contributed by atoms with Gasteiger partial charge in [0.05, 0.1) is 29.2 Å². The van der Waals surface area contributed by atoms with E-state index in [0.717, 1.165) is 25.7 Å². The maximum absolute atomic E-state index is 14.5. The summed E-state index contributed by atoms with van der Waals surface area (Å²) >= 11 is 1.62. The van der Waals surface area contributed by atoms with Crippen molar-refractivity contribution in [1.29, 1.82) is 0 Å². The van der Waals surface area contributed by atoms with Crippen LogP contribution in [0.2, 0.25) is 0 Å². The smallest absolute Gasteiger partial charge is 0.247 e. The van der Waals surface area contributed by atoms with Crippen molar-refractivity contribution in [1.82, 2.24) is 14.7 Å². The SMILES string of the molecule is CC(C)[C@H](CO)N1C(=O)[C@@H]2[C@@H]3C(=O)N(C)CC=C[C@]3(C)S[C@@]23C=CCN(C2CCCCC2)C(=O)C13. The largest absolute Gasteiger partial charge is 0.394 e. The number of aliphatic hydroxyl groups excluding tert-OH is 1. The lowest BCUT2D eigenvalue weighted by Crippen LogP contribution is -2.59. The molecule has 0 aromatic rings. The van der Waals surface area contributed by atoms with Crippen LogP contribution < -0.4 is 0 Å². The highest BCUT2D eigenvalue weighted by atomic mass is 32.2. The maximum Gasteiger partial charge on any atom is 0.247 e. The van der Waals surface area contributed by atoms with Crippen LogP contribution in [-0.2, 0) is 14.4 Å². The van der Waals surface area contributed by atoms with Crippen LogP contribution in [0, 0.1) is 17.8 Å². The van der Waals surface area contributed by atoms with E-state index >= 15 is 0 Å². The molecule has 1 unspecified atom stereocenters. The number of rotatable bonds is 4. The van der Waals surface area contributed by atoms with E-state index < -0.39 is 33.4 Å². The van der Waals surface area contributed by atoms with E-state index in [1.165, 1.54) is 6.42 Å². The molecule has 3 fully saturated rings. The predicted molar refractivity (Wildman–Crippen MR) is 137 cm³/mol. The zero-order chi connectivity index (χ0) is 25.1. The van der Waals surface area contributed by atoms with Crippen LogP contribution in [0.1, 0.15) is 52.9 Å². The number of nitrogens with zero attached hydrogens (tertiary/aromatic N) is 3. The van der Waals surface area contributed by atoms with E-state index in [1.807, 2.05) is 31.7 Å². The molecule has 192 valence electrons. The molecule has 8 heteroatoms. The summed E-state index contributed by atoms with van der Waals surface area (Å²) in [5.41, 5.74) is 0. The Balaban J connectivity index is 1.66. The molecule has 35 heavy (non-hydrogen) atoms. The van der Waals surface area contributed by atoms with Gasteiger partial charge in [0.1, 0.15) is 6.04 Å². The van der Waals surface area contributed by atoms with Gasteiger partial charge in [-0.05, 0) is 25.7 Å². The first kappa shape index (κ1) is 24.9. The number of hydrogen-bond donors (Lipinski definition) is 1. The van der Waals surface area contributed by atoms with Crippen molar-refractivity contribution >= 4 is 29.5 Å². The maximum atomic E-state index is 14.5. The third-order valence-corrected chi connectivity index (χ3v) is 10.9. The van der Waals surface area contributed by atoms with Gasteiger partial charge < -0.3 is 19.8 Å². The molecule has 4 aliphatic heterocycles. The van der Waals surface area contributed by atoms with Crippen LogP contribution in [0.3, 0.4) is 0 Å². The third kappa shape index (κ3) is 3.61. The Kier molecular flexibility index (Phi) is 6.36. The second-order valence-electron chi connectivity index (χ2n) is 11.5. The Bertz CT molecular complexity index is 960. The fourth-order valence-electron chi connectivity index (χ4n) is 7.30. The Morgan fingerprint density at radius 1 is 1.00 bits per heavy atom. The van der Waals surface area contributed by atoms with Gasteiger partial charge in [-0.2, -0.15) is 0 Å². The van der Waals surface area contributed by atoms with Gasteiger partial charge >= 0.3 is 0 Å². The number of carbonyl (C=O) groups is 3. The van der Waals surface area contributed by atoms with Crippen LogP contribution >= 0.6 is 11.8 Å². The van der Waals surface area contributed by atoms with E-state index in [1.54, 1.807) is 28.6 Å². The van der Waals surface area contributed by atoms with Crippen molar-refractivity contribution in [2.24, 2.45) is 17.8 Å². The normalized spacial score (nSPS) is 38.5. The highest BCUT2D eigenvalue weighted by Crippen LogP contribution is 2.66. The summed E-state index contributed by atoms with van der Waals surface area (Å²) in [4.78, 5) is 47.9. The van der Waals surface area contributed by atoms with Crippen LogP contribution in [-0.4, -0.2) is 91.9 Å². The number of aliphatic hydroxyl groups is 1. The van der Waals surface area contributed by atoms with E-state index in [2.05, 4.69) is 18.2 Å². The van der Waals surface area contributed by atoms with E-state index in [-0.39, 0.29) is 36.3 Å². The summed E-state index contributed by atoms with van der Waals surface area (Å²) in [6, 6.07) is -1.01. The first-order chi connectivity index (χ1) is 16.7. The molecule has 1 spiro atoms. The lowest BCUT2D eigenvalue weighted by Gasteiger charge is -2.42. The summed E-state index contributed by atoms with van der Waals surface area (Å²) in [6.07, 6.45) is 13.7. The Hall–Kier alpha value is -1.80. The Morgan fingerprint density at radius 2 is 1.69 bits per heavy atom. The molecular weight excluding hydrogens is 462 g/mol. The average Bonchev–Trinajstić information content (AvgIpc) is 3.10. The first-order valence-electron chi connectivity index (χ1n) is 13.2. The van der Waals surface area contributed by atoms with E-state index in [9.17, 15) is 19.5 Å². The van der Waals surface area contributed by atoms with Gasteiger partial charge in [0.15, 0.2) is 0 Å².